The smallest absolute Gasteiger partial charge is 0.247 e. The first kappa shape index (κ1) is 26.1. The van der Waals surface area contributed by atoms with E-state index in [0.29, 0.717) is 25.1 Å². The van der Waals surface area contributed by atoms with Gasteiger partial charge in [0, 0.05) is 37.5 Å². The summed E-state index contributed by atoms with van der Waals surface area (Å²) in [5, 5.41) is 9.71. The summed E-state index contributed by atoms with van der Waals surface area (Å²) >= 11 is 0. The molecule has 32 heavy (non-hydrogen) atoms. The highest BCUT2D eigenvalue weighted by molar-refractivity contribution is 7.89. The van der Waals surface area contributed by atoms with Gasteiger partial charge in [-0.3, -0.25) is 9.69 Å². The van der Waals surface area contributed by atoms with Crippen molar-refractivity contribution >= 4 is 15.9 Å². The van der Waals surface area contributed by atoms with Gasteiger partial charge in [0.2, 0.25) is 15.9 Å². The van der Waals surface area contributed by atoms with Gasteiger partial charge >= 0.3 is 0 Å². The van der Waals surface area contributed by atoms with E-state index in [-0.39, 0.29) is 35.6 Å². The van der Waals surface area contributed by atoms with E-state index in [0.717, 1.165) is 0 Å². The summed E-state index contributed by atoms with van der Waals surface area (Å²) in [6, 6.07) is 4.22. The molecule has 0 radical (unpaired) electrons. The van der Waals surface area contributed by atoms with Crippen molar-refractivity contribution in [3.63, 3.8) is 0 Å². The largest absolute Gasteiger partial charge is 0.487 e. The van der Waals surface area contributed by atoms with Gasteiger partial charge in [0.05, 0.1) is 19.7 Å². The Labute approximate surface area is 192 Å². The average molecular weight is 466 g/mol. The zero-order chi connectivity index (χ0) is 24.1. The number of ether oxygens (including phenoxy) is 1. The van der Waals surface area contributed by atoms with E-state index < -0.39 is 22.2 Å². The number of amides is 1. The van der Waals surface area contributed by atoms with E-state index in [1.807, 2.05) is 25.9 Å². The number of rotatable bonds is 6. The summed E-state index contributed by atoms with van der Waals surface area (Å²) in [6.45, 7) is 6.14. The molecule has 0 saturated heterocycles. The molecule has 0 bridgehead atoms. The van der Waals surface area contributed by atoms with E-state index in [1.54, 1.807) is 37.9 Å². The lowest BCUT2D eigenvalue weighted by atomic mass is 10.0. The van der Waals surface area contributed by atoms with Crippen LogP contribution in [0.25, 0.3) is 0 Å². The fourth-order valence-corrected chi connectivity index (χ4v) is 5.29. The van der Waals surface area contributed by atoms with E-state index in [9.17, 15) is 18.3 Å². The standard InChI is InChI=1S/C23H35N3O5S/c1-7-23(28)25(6)15-21-17(2)14-26(18(3)16-27)32(29,30)22-11-10-19(13-20(22)31-21)9-8-12-24(4)5/h10-11,13,17-18,21,27H,7,12,14-16H2,1-6H3/t17-,18-,21-/m1/s1. The van der Waals surface area contributed by atoms with Crippen molar-refractivity contribution in [3.05, 3.63) is 23.8 Å². The number of carbonyl (C=O) groups is 1. The number of fused-ring (bicyclic) bond motifs is 1. The summed E-state index contributed by atoms with van der Waals surface area (Å²) in [7, 11) is 1.66. The van der Waals surface area contributed by atoms with Crippen molar-refractivity contribution in [2.24, 2.45) is 5.92 Å². The molecule has 1 aromatic carbocycles. The van der Waals surface area contributed by atoms with E-state index in [2.05, 4.69) is 11.8 Å². The second kappa shape index (κ2) is 11.1. The number of hydrogen-bond donors (Lipinski definition) is 1. The van der Waals surface area contributed by atoms with Crippen LogP contribution in [0, 0.1) is 17.8 Å². The van der Waals surface area contributed by atoms with Crippen LogP contribution >= 0.6 is 0 Å². The quantitative estimate of drug-likeness (QED) is 0.636. The summed E-state index contributed by atoms with van der Waals surface area (Å²) < 4.78 is 34.5. The molecule has 0 spiro atoms. The van der Waals surface area contributed by atoms with Gasteiger partial charge in [-0.05, 0) is 39.2 Å². The number of aliphatic hydroxyl groups excluding tert-OH is 1. The minimum absolute atomic E-state index is 0.0143. The topological polar surface area (TPSA) is 90.4 Å². The van der Waals surface area contributed by atoms with Crippen LogP contribution in [0.4, 0.5) is 0 Å². The van der Waals surface area contributed by atoms with Gasteiger partial charge in [0.1, 0.15) is 16.7 Å². The molecule has 8 nitrogen and oxygen atoms in total. The third-order valence-electron chi connectivity index (χ3n) is 5.48. The molecule has 0 fully saturated rings. The number of benzene rings is 1. The van der Waals surface area contributed by atoms with Crippen LogP contribution in [-0.2, 0) is 14.8 Å². The SMILES string of the molecule is CCC(=O)N(C)C[C@H]1Oc2cc(C#CCN(C)C)ccc2S(=O)(=O)N([C@H](C)CO)C[C@H]1C. The lowest BCUT2D eigenvalue weighted by molar-refractivity contribution is -0.131. The Morgan fingerprint density at radius 1 is 1.34 bits per heavy atom. The Morgan fingerprint density at radius 2 is 2.03 bits per heavy atom. The molecule has 178 valence electrons. The van der Waals surface area contributed by atoms with E-state index >= 15 is 0 Å². The number of likely N-dealkylation sites (N-methyl/N-ethyl adjacent to an activating group) is 1. The third-order valence-corrected chi connectivity index (χ3v) is 7.50. The highest BCUT2D eigenvalue weighted by Crippen LogP contribution is 2.34. The molecule has 9 heteroatoms. The Morgan fingerprint density at radius 3 is 2.62 bits per heavy atom. The van der Waals surface area contributed by atoms with Crippen LogP contribution in [0.3, 0.4) is 0 Å². The first-order valence-electron chi connectivity index (χ1n) is 10.8. The highest BCUT2D eigenvalue weighted by atomic mass is 32.2. The Balaban J connectivity index is 2.55. The van der Waals surface area contributed by atoms with Crippen LogP contribution in [0.2, 0.25) is 0 Å². The molecule has 0 aliphatic carbocycles. The number of carbonyl (C=O) groups excluding carboxylic acids is 1. The Hall–Kier alpha value is -2.12. The minimum atomic E-state index is -3.90. The van der Waals surface area contributed by atoms with E-state index in [1.165, 1.54) is 10.4 Å². The molecule has 1 heterocycles. The van der Waals surface area contributed by atoms with Crippen molar-refractivity contribution in [2.45, 2.75) is 44.2 Å². The maximum atomic E-state index is 13.4. The summed E-state index contributed by atoms with van der Waals surface area (Å²) in [5.74, 6) is 6.07. The van der Waals surface area contributed by atoms with Gasteiger partial charge < -0.3 is 14.7 Å². The number of hydrogen-bond acceptors (Lipinski definition) is 6. The molecule has 1 aromatic rings. The maximum Gasteiger partial charge on any atom is 0.247 e. The normalized spacial score (nSPS) is 21.4. The fraction of sp³-hybridized carbons (Fsp3) is 0.609. The maximum absolute atomic E-state index is 13.4. The van der Waals surface area contributed by atoms with Crippen molar-refractivity contribution in [2.75, 3.05) is 47.4 Å². The molecule has 1 amide bonds. The first-order chi connectivity index (χ1) is 15.0. The Bertz CT molecular complexity index is 968. The second-order valence-electron chi connectivity index (χ2n) is 8.57. The molecule has 2 rings (SSSR count). The van der Waals surface area contributed by atoms with Crippen molar-refractivity contribution in [3.8, 4) is 17.6 Å². The number of aliphatic hydroxyl groups is 1. The van der Waals surface area contributed by atoms with Gasteiger partial charge in [-0.15, -0.1) is 0 Å². The summed E-state index contributed by atoms with van der Waals surface area (Å²) in [4.78, 5) is 15.7. The van der Waals surface area contributed by atoms with Crippen LogP contribution in [0.1, 0.15) is 32.8 Å². The highest BCUT2D eigenvalue weighted by Gasteiger charge is 2.38. The van der Waals surface area contributed by atoms with Crippen LogP contribution in [-0.4, -0.2) is 93.1 Å². The average Bonchev–Trinajstić information content (AvgIpc) is 2.74. The molecular weight excluding hydrogens is 430 g/mol. The van der Waals surface area contributed by atoms with Crippen LogP contribution < -0.4 is 4.74 Å². The number of sulfonamides is 1. The van der Waals surface area contributed by atoms with Crippen LogP contribution in [0.5, 0.6) is 5.75 Å². The zero-order valence-corrected chi connectivity index (χ0v) is 20.6. The van der Waals surface area contributed by atoms with Gasteiger partial charge in [-0.2, -0.15) is 4.31 Å². The van der Waals surface area contributed by atoms with Gasteiger partial charge in [0.15, 0.2) is 0 Å². The molecule has 3 atom stereocenters. The lowest BCUT2D eigenvalue weighted by Crippen LogP contribution is -2.50. The third kappa shape index (κ3) is 6.23. The van der Waals surface area contributed by atoms with Gasteiger partial charge in [-0.1, -0.05) is 25.7 Å². The summed E-state index contributed by atoms with van der Waals surface area (Å²) in [5.41, 5.74) is 0.646. The van der Waals surface area contributed by atoms with Crippen molar-refractivity contribution in [1.82, 2.24) is 14.1 Å². The van der Waals surface area contributed by atoms with Crippen molar-refractivity contribution in [1.29, 1.82) is 0 Å². The predicted octanol–water partition coefficient (Wildman–Crippen LogP) is 1.24. The molecule has 0 unspecified atom stereocenters. The predicted molar refractivity (Wildman–Crippen MR) is 124 cm³/mol. The fourth-order valence-electron chi connectivity index (χ4n) is 3.46. The van der Waals surface area contributed by atoms with E-state index in [4.69, 9.17) is 4.74 Å². The van der Waals surface area contributed by atoms with Crippen molar-refractivity contribution < 1.29 is 23.1 Å². The lowest BCUT2D eigenvalue weighted by Gasteiger charge is -2.37. The Kier molecular flexibility index (Phi) is 9.10. The second-order valence-corrected chi connectivity index (χ2v) is 10.4. The zero-order valence-electron chi connectivity index (χ0n) is 19.8. The molecule has 0 aromatic heterocycles. The molecule has 0 saturated carbocycles. The van der Waals surface area contributed by atoms with Gasteiger partial charge in [-0.25, -0.2) is 8.42 Å². The van der Waals surface area contributed by atoms with Gasteiger partial charge in [0.25, 0.3) is 0 Å². The molecular formula is C23H35N3O5S. The summed E-state index contributed by atoms with van der Waals surface area (Å²) in [6.07, 6.45) is -0.0508. The minimum Gasteiger partial charge on any atom is -0.487 e. The molecule has 1 N–H and O–H groups in total. The van der Waals surface area contributed by atoms with Crippen LogP contribution in [0.15, 0.2) is 23.1 Å². The number of nitrogens with zero attached hydrogens (tertiary/aromatic N) is 3. The monoisotopic (exact) mass is 465 g/mol. The first-order valence-corrected chi connectivity index (χ1v) is 12.3. The molecule has 1 aliphatic rings. The molecule has 1 aliphatic heterocycles.